The normalized spacial score (nSPS) is 25.7. The second kappa shape index (κ2) is 7.64. The smallest absolute Gasteiger partial charge is 0.329 e. The van der Waals surface area contributed by atoms with E-state index in [9.17, 15) is 14.7 Å². The summed E-state index contributed by atoms with van der Waals surface area (Å²) < 4.78 is 5.40. The van der Waals surface area contributed by atoms with E-state index in [0.717, 1.165) is 12.8 Å². The van der Waals surface area contributed by atoms with E-state index in [2.05, 4.69) is 5.32 Å². The highest BCUT2D eigenvalue weighted by Gasteiger charge is 2.43. The molecule has 0 aromatic carbocycles. The van der Waals surface area contributed by atoms with E-state index < -0.39 is 11.5 Å². The summed E-state index contributed by atoms with van der Waals surface area (Å²) in [5.41, 5.74) is -1.12. The van der Waals surface area contributed by atoms with Crippen molar-refractivity contribution >= 4 is 12.0 Å². The van der Waals surface area contributed by atoms with Crippen molar-refractivity contribution in [2.24, 2.45) is 5.92 Å². The van der Waals surface area contributed by atoms with E-state index in [-0.39, 0.29) is 12.1 Å². The van der Waals surface area contributed by atoms with Crippen molar-refractivity contribution in [3.8, 4) is 0 Å². The number of hydrogen-bond donors (Lipinski definition) is 2. The van der Waals surface area contributed by atoms with Crippen LogP contribution in [0.25, 0.3) is 0 Å². The van der Waals surface area contributed by atoms with Crippen molar-refractivity contribution in [3.05, 3.63) is 0 Å². The zero-order chi connectivity index (χ0) is 16.0. The van der Waals surface area contributed by atoms with Gasteiger partial charge in [0.15, 0.2) is 0 Å². The highest BCUT2D eigenvalue weighted by Crippen LogP contribution is 2.32. The van der Waals surface area contributed by atoms with Gasteiger partial charge in [-0.15, -0.1) is 0 Å². The number of carboxylic acid groups (broad SMARTS) is 1. The predicted molar refractivity (Wildman–Crippen MR) is 80.2 cm³/mol. The van der Waals surface area contributed by atoms with Gasteiger partial charge in [-0.2, -0.15) is 0 Å². The lowest BCUT2D eigenvalue weighted by Crippen LogP contribution is -2.59. The van der Waals surface area contributed by atoms with Crippen molar-refractivity contribution in [1.29, 1.82) is 0 Å². The number of ether oxygens (including phenoxy) is 1. The molecule has 0 heterocycles. The van der Waals surface area contributed by atoms with Gasteiger partial charge in [-0.25, -0.2) is 9.59 Å². The van der Waals surface area contributed by atoms with E-state index in [4.69, 9.17) is 4.74 Å². The molecule has 2 N–H and O–H groups in total. The van der Waals surface area contributed by atoms with Gasteiger partial charge in [0, 0.05) is 13.6 Å². The van der Waals surface area contributed by atoms with Crippen LogP contribution in [0.5, 0.6) is 0 Å². The van der Waals surface area contributed by atoms with Gasteiger partial charge in [-0.3, -0.25) is 0 Å². The standard InChI is InChI=1S/C15H28N2O4/c1-11(2)21-9-8-17(4)14(20)16-15(13(18)19)7-5-6-12(3)10-15/h11-12H,5-10H2,1-4H3,(H,16,20)(H,18,19). The molecule has 1 saturated carbocycles. The minimum Gasteiger partial charge on any atom is -0.480 e. The third-order valence-corrected chi connectivity index (χ3v) is 3.98. The molecule has 2 unspecified atom stereocenters. The van der Waals surface area contributed by atoms with Crippen LogP contribution in [-0.4, -0.2) is 53.8 Å². The number of nitrogens with zero attached hydrogens (tertiary/aromatic N) is 1. The second-order valence-corrected chi connectivity index (χ2v) is 6.36. The first-order valence-corrected chi connectivity index (χ1v) is 7.65. The Kier molecular flexibility index (Phi) is 6.45. The third kappa shape index (κ3) is 5.19. The Hall–Kier alpha value is -1.30. The van der Waals surface area contributed by atoms with Gasteiger partial charge in [0.2, 0.25) is 0 Å². The maximum absolute atomic E-state index is 12.2. The summed E-state index contributed by atoms with van der Waals surface area (Å²) in [5, 5.41) is 12.3. The number of hydrogen-bond acceptors (Lipinski definition) is 3. The van der Waals surface area contributed by atoms with Crippen LogP contribution in [0.3, 0.4) is 0 Å². The molecule has 0 bridgehead atoms. The van der Waals surface area contributed by atoms with Gasteiger partial charge in [0.05, 0.1) is 12.7 Å². The van der Waals surface area contributed by atoms with Gasteiger partial charge in [0.1, 0.15) is 5.54 Å². The van der Waals surface area contributed by atoms with E-state index in [0.29, 0.717) is 31.9 Å². The van der Waals surface area contributed by atoms with Crippen molar-refractivity contribution in [2.45, 2.75) is 58.1 Å². The first-order chi connectivity index (χ1) is 9.77. The molecule has 0 aromatic heterocycles. The first-order valence-electron chi connectivity index (χ1n) is 7.65. The van der Waals surface area contributed by atoms with Crippen molar-refractivity contribution < 1.29 is 19.4 Å². The summed E-state index contributed by atoms with van der Waals surface area (Å²) in [6.07, 6.45) is 2.95. The van der Waals surface area contributed by atoms with E-state index >= 15 is 0 Å². The molecule has 1 aliphatic carbocycles. The first kappa shape index (κ1) is 17.8. The zero-order valence-electron chi connectivity index (χ0n) is 13.5. The Balaban J connectivity index is 2.58. The highest BCUT2D eigenvalue weighted by atomic mass is 16.5. The van der Waals surface area contributed by atoms with Crippen LogP contribution in [-0.2, 0) is 9.53 Å². The van der Waals surface area contributed by atoms with E-state index in [1.54, 1.807) is 7.05 Å². The number of rotatable bonds is 6. The SMILES string of the molecule is CC1CCCC(NC(=O)N(C)CCOC(C)C)(C(=O)O)C1. The molecule has 1 aliphatic rings. The van der Waals surface area contributed by atoms with Crippen molar-refractivity contribution in [2.75, 3.05) is 20.2 Å². The molecule has 122 valence electrons. The summed E-state index contributed by atoms with van der Waals surface area (Å²) in [4.78, 5) is 25.3. The minimum absolute atomic E-state index is 0.117. The Bertz CT molecular complexity index is 373. The molecule has 1 fully saturated rings. The lowest BCUT2D eigenvalue weighted by atomic mass is 9.76. The fourth-order valence-corrected chi connectivity index (χ4v) is 2.74. The van der Waals surface area contributed by atoms with Gasteiger partial charge in [-0.1, -0.05) is 19.8 Å². The van der Waals surface area contributed by atoms with Crippen LogP contribution in [0.1, 0.15) is 46.5 Å². The minimum atomic E-state index is -1.12. The molecule has 0 spiro atoms. The summed E-state index contributed by atoms with van der Waals surface area (Å²) in [5.74, 6) is -0.626. The number of urea groups is 1. The Morgan fingerprint density at radius 2 is 2.14 bits per heavy atom. The Morgan fingerprint density at radius 3 is 2.67 bits per heavy atom. The summed E-state index contributed by atoms with van der Waals surface area (Å²) in [6.45, 7) is 6.78. The van der Waals surface area contributed by atoms with Gasteiger partial charge in [-0.05, 0) is 32.6 Å². The molecular formula is C15H28N2O4. The van der Waals surface area contributed by atoms with Crippen LogP contribution < -0.4 is 5.32 Å². The fraction of sp³-hybridized carbons (Fsp3) is 0.867. The number of amides is 2. The van der Waals surface area contributed by atoms with Crippen LogP contribution in [0.15, 0.2) is 0 Å². The van der Waals surface area contributed by atoms with Crippen molar-refractivity contribution in [1.82, 2.24) is 10.2 Å². The number of aliphatic carboxylic acids is 1. The molecule has 0 aliphatic heterocycles. The van der Waals surface area contributed by atoms with Crippen LogP contribution >= 0.6 is 0 Å². The average molecular weight is 300 g/mol. The third-order valence-electron chi connectivity index (χ3n) is 3.98. The van der Waals surface area contributed by atoms with Crippen molar-refractivity contribution in [3.63, 3.8) is 0 Å². The van der Waals surface area contributed by atoms with Crippen LogP contribution in [0, 0.1) is 5.92 Å². The zero-order valence-corrected chi connectivity index (χ0v) is 13.5. The monoisotopic (exact) mass is 300 g/mol. The number of carboxylic acids is 1. The van der Waals surface area contributed by atoms with E-state index in [1.165, 1.54) is 4.90 Å². The van der Waals surface area contributed by atoms with Crippen LogP contribution in [0.2, 0.25) is 0 Å². The average Bonchev–Trinajstić information content (AvgIpc) is 2.37. The Morgan fingerprint density at radius 1 is 1.48 bits per heavy atom. The molecule has 0 aromatic rings. The number of carbonyl (C=O) groups is 2. The maximum Gasteiger partial charge on any atom is 0.329 e. The van der Waals surface area contributed by atoms with E-state index in [1.807, 2.05) is 20.8 Å². The molecule has 1 rings (SSSR count). The van der Waals surface area contributed by atoms with Gasteiger partial charge in [0.25, 0.3) is 0 Å². The van der Waals surface area contributed by atoms with Gasteiger partial charge < -0.3 is 20.1 Å². The van der Waals surface area contributed by atoms with Gasteiger partial charge >= 0.3 is 12.0 Å². The molecule has 0 saturated heterocycles. The highest BCUT2D eigenvalue weighted by molar-refractivity contribution is 5.86. The predicted octanol–water partition coefficient (Wildman–Crippen LogP) is 2.09. The second-order valence-electron chi connectivity index (χ2n) is 6.36. The Labute approximate surface area is 126 Å². The molecular weight excluding hydrogens is 272 g/mol. The number of likely N-dealkylation sites (N-methyl/N-ethyl adjacent to an activating group) is 1. The number of carbonyl (C=O) groups excluding carboxylic acids is 1. The lowest BCUT2D eigenvalue weighted by Gasteiger charge is -2.38. The number of nitrogens with one attached hydrogen (secondary N) is 1. The maximum atomic E-state index is 12.2. The summed E-state index contributed by atoms with van der Waals surface area (Å²) in [7, 11) is 1.65. The largest absolute Gasteiger partial charge is 0.480 e. The quantitative estimate of drug-likeness (QED) is 0.787. The summed E-state index contributed by atoms with van der Waals surface area (Å²) >= 11 is 0. The fourth-order valence-electron chi connectivity index (χ4n) is 2.74. The molecule has 2 amide bonds. The lowest BCUT2D eigenvalue weighted by molar-refractivity contribution is -0.146. The molecule has 21 heavy (non-hydrogen) atoms. The summed E-state index contributed by atoms with van der Waals surface area (Å²) in [6, 6.07) is -0.348. The topological polar surface area (TPSA) is 78.9 Å². The molecule has 6 nitrogen and oxygen atoms in total. The molecule has 6 heteroatoms. The molecule has 2 atom stereocenters. The molecule has 0 radical (unpaired) electrons. The van der Waals surface area contributed by atoms with Crippen LogP contribution in [0.4, 0.5) is 4.79 Å².